The second-order valence-electron chi connectivity index (χ2n) is 6.89. The summed E-state index contributed by atoms with van der Waals surface area (Å²) in [6.07, 6.45) is 5.55. The van der Waals surface area contributed by atoms with Crippen LogP contribution >= 0.6 is 0 Å². The predicted octanol–water partition coefficient (Wildman–Crippen LogP) is 2.36. The molecule has 0 fully saturated rings. The van der Waals surface area contributed by atoms with Gasteiger partial charge in [0.1, 0.15) is 5.76 Å². The van der Waals surface area contributed by atoms with Crippen molar-refractivity contribution in [2.75, 3.05) is 0 Å². The Bertz CT molecular complexity index is 1030. The number of hydrogen-bond donors (Lipinski definition) is 2. The molecule has 0 aromatic carbocycles. The van der Waals surface area contributed by atoms with E-state index in [1.54, 1.807) is 10.8 Å². The number of hydrogen-bond acceptors (Lipinski definition) is 4. The van der Waals surface area contributed by atoms with E-state index >= 15 is 0 Å². The van der Waals surface area contributed by atoms with Gasteiger partial charge in [0.15, 0.2) is 5.65 Å². The van der Waals surface area contributed by atoms with E-state index in [2.05, 4.69) is 15.4 Å². The van der Waals surface area contributed by atoms with Gasteiger partial charge < -0.3 is 9.73 Å². The van der Waals surface area contributed by atoms with E-state index in [0.29, 0.717) is 18.5 Å². The van der Waals surface area contributed by atoms with Crippen molar-refractivity contribution in [3.05, 3.63) is 57.0 Å². The second-order valence-corrected chi connectivity index (χ2v) is 6.89. The minimum atomic E-state index is -0.178. The molecule has 0 aliphatic heterocycles. The normalized spacial score (nSPS) is 16.6. The lowest BCUT2D eigenvalue weighted by atomic mass is 9.93. The van der Waals surface area contributed by atoms with Crippen molar-refractivity contribution < 1.29 is 9.21 Å². The maximum Gasteiger partial charge on any atom is 0.266 e. The topological polar surface area (TPSA) is 92.4 Å². The van der Waals surface area contributed by atoms with Crippen LogP contribution in [0.2, 0.25) is 0 Å². The van der Waals surface area contributed by atoms with Gasteiger partial charge in [-0.1, -0.05) is 0 Å². The van der Waals surface area contributed by atoms with E-state index in [-0.39, 0.29) is 17.5 Å². The number of aromatic amines is 1. The molecular formula is C19H22N4O3. The summed E-state index contributed by atoms with van der Waals surface area (Å²) in [6, 6.07) is 3.46. The average molecular weight is 354 g/mol. The molecule has 136 valence electrons. The predicted molar refractivity (Wildman–Crippen MR) is 96.1 cm³/mol. The third-order valence-electron chi connectivity index (χ3n) is 5.19. The lowest BCUT2D eigenvalue weighted by molar-refractivity contribution is -0.121. The molecule has 0 saturated heterocycles. The van der Waals surface area contributed by atoms with Gasteiger partial charge in [-0.25, -0.2) is 9.50 Å². The number of nitrogens with one attached hydrogen (secondary N) is 2. The van der Waals surface area contributed by atoms with Gasteiger partial charge in [0.25, 0.3) is 5.56 Å². The van der Waals surface area contributed by atoms with Gasteiger partial charge in [-0.15, -0.1) is 0 Å². The third kappa shape index (κ3) is 2.94. The number of H-pyrrole nitrogens is 1. The molecule has 3 aromatic heterocycles. The molecule has 3 heterocycles. The summed E-state index contributed by atoms with van der Waals surface area (Å²) < 4.78 is 7.16. The number of aryl methyl sites for hydroxylation is 3. The van der Waals surface area contributed by atoms with Gasteiger partial charge in [0.05, 0.1) is 12.3 Å². The van der Waals surface area contributed by atoms with Gasteiger partial charge >= 0.3 is 0 Å². The molecule has 7 nitrogen and oxygen atoms in total. The summed E-state index contributed by atoms with van der Waals surface area (Å²) in [5, 5.41) is 5.87. The third-order valence-corrected chi connectivity index (χ3v) is 5.19. The molecule has 1 unspecified atom stereocenters. The second kappa shape index (κ2) is 6.48. The van der Waals surface area contributed by atoms with Crippen LogP contribution in [-0.2, 0) is 17.6 Å². The monoisotopic (exact) mass is 354 g/mol. The minimum Gasteiger partial charge on any atom is -0.469 e. The van der Waals surface area contributed by atoms with Crippen LogP contribution in [0, 0.1) is 13.8 Å². The van der Waals surface area contributed by atoms with E-state index in [1.807, 2.05) is 19.9 Å². The molecule has 0 saturated carbocycles. The number of rotatable bonds is 4. The van der Waals surface area contributed by atoms with Crippen molar-refractivity contribution in [3.8, 4) is 0 Å². The molecule has 1 amide bonds. The van der Waals surface area contributed by atoms with Crippen LogP contribution in [-0.4, -0.2) is 20.5 Å². The Morgan fingerprint density at radius 2 is 2.31 bits per heavy atom. The zero-order chi connectivity index (χ0) is 18.3. The van der Waals surface area contributed by atoms with Gasteiger partial charge in [-0.2, -0.15) is 0 Å². The molecule has 0 radical (unpaired) electrons. The van der Waals surface area contributed by atoms with Gasteiger partial charge in [-0.3, -0.25) is 14.7 Å². The number of carbonyl (C=O) groups excluding carboxylic acids is 1. The van der Waals surface area contributed by atoms with Crippen molar-refractivity contribution in [2.45, 2.75) is 52.0 Å². The molecule has 4 rings (SSSR count). The molecule has 2 N–H and O–H groups in total. The first-order valence-corrected chi connectivity index (χ1v) is 8.96. The quantitative estimate of drug-likeness (QED) is 0.752. The van der Waals surface area contributed by atoms with Crippen molar-refractivity contribution in [2.24, 2.45) is 0 Å². The maximum absolute atomic E-state index is 12.5. The Labute approximate surface area is 150 Å². The average Bonchev–Trinajstić information content (AvgIpc) is 3.21. The van der Waals surface area contributed by atoms with Crippen LogP contribution in [0.3, 0.4) is 0 Å². The van der Waals surface area contributed by atoms with E-state index in [4.69, 9.17) is 4.42 Å². The highest BCUT2D eigenvalue weighted by Gasteiger charge is 2.24. The number of furan rings is 1. The van der Waals surface area contributed by atoms with Gasteiger partial charge in [0, 0.05) is 35.9 Å². The summed E-state index contributed by atoms with van der Waals surface area (Å²) in [4.78, 5) is 28.5. The number of nitrogens with zero attached hydrogens (tertiary/aromatic N) is 2. The van der Waals surface area contributed by atoms with E-state index in [9.17, 15) is 9.59 Å². The van der Waals surface area contributed by atoms with Crippen molar-refractivity contribution in [3.63, 3.8) is 0 Å². The molecule has 0 spiro atoms. The van der Waals surface area contributed by atoms with E-state index in [1.165, 1.54) is 6.07 Å². The fourth-order valence-electron chi connectivity index (χ4n) is 3.86. The molecule has 3 aromatic rings. The Kier molecular flexibility index (Phi) is 4.14. The van der Waals surface area contributed by atoms with Crippen LogP contribution in [0.1, 0.15) is 53.6 Å². The zero-order valence-electron chi connectivity index (χ0n) is 15.0. The Hall–Kier alpha value is -2.83. The SMILES string of the molecule is Cc1nc2cc(=O)[nH]n2c(C)c1CCC(=O)NC1CCCc2occc21. The number of aromatic nitrogens is 3. The lowest BCUT2D eigenvalue weighted by Crippen LogP contribution is -2.30. The Morgan fingerprint density at radius 1 is 1.46 bits per heavy atom. The Morgan fingerprint density at radius 3 is 3.15 bits per heavy atom. The summed E-state index contributed by atoms with van der Waals surface area (Å²) in [6.45, 7) is 3.85. The Balaban J connectivity index is 1.47. The molecular weight excluding hydrogens is 332 g/mol. The number of carbonyl (C=O) groups is 1. The molecule has 26 heavy (non-hydrogen) atoms. The minimum absolute atomic E-state index is 0.0175. The van der Waals surface area contributed by atoms with Crippen molar-refractivity contribution >= 4 is 11.6 Å². The van der Waals surface area contributed by atoms with E-state index < -0.39 is 0 Å². The fraction of sp³-hybridized carbons (Fsp3) is 0.421. The first kappa shape index (κ1) is 16.6. The summed E-state index contributed by atoms with van der Waals surface area (Å²) >= 11 is 0. The maximum atomic E-state index is 12.5. The van der Waals surface area contributed by atoms with Crippen LogP contribution < -0.4 is 10.9 Å². The lowest BCUT2D eigenvalue weighted by Gasteiger charge is -2.23. The molecule has 1 atom stereocenters. The molecule has 1 aliphatic carbocycles. The smallest absolute Gasteiger partial charge is 0.266 e. The van der Waals surface area contributed by atoms with Crippen LogP contribution in [0.15, 0.2) is 27.6 Å². The van der Waals surface area contributed by atoms with Crippen molar-refractivity contribution in [1.82, 2.24) is 19.9 Å². The van der Waals surface area contributed by atoms with Gasteiger partial charge in [-0.05, 0) is 44.7 Å². The summed E-state index contributed by atoms with van der Waals surface area (Å²) in [5.74, 6) is 1.00. The fourth-order valence-corrected chi connectivity index (χ4v) is 3.86. The largest absolute Gasteiger partial charge is 0.469 e. The van der Waals surface area contributed by atoms with Gasteiger partial charge in [0.2, 0.25) is 5.91 Å². The summed E-state index contributed by atoms with van der Waals surface area (Å²) in [7, 11) is 0. The first-order valence-electron chi connectivity index (χ1n) is 8.96. The van der Waals surface area contributed by atoms with Crippen molar-refractivity contribution in [1.29, 1.82) is 0 Å². The van der Waals surface area contributed by atoms with Crippen LogP contribution in [0.5, 0.6) is 0 Å². The highest BCUT2D eigenvalue weighted by molar-refractivity contribution is 5.77. The van der Waals surface area contributed by atoms with E-state index in [0.717, 1.165) is 47.5 Å². The number of amides is 1. The molecule has 0 bridgehead atoms. The standard InChI is InChI=1S/C19H22N4O3/c1-11-13(12(2)23-17(20-11)10-19(25)22-23)6-7-18(24)21-15-4-3-5-16-14(15)8-9-26-16/h8-10,15H,3-7H2,1-2H3,(H,21,24)(H,22,25). The van der Waals surface area contributed by atoms with Crippen LogP contribution in [0.4, 0.5) is 0 Å². The zero-order valence-corrected chi connectivity index (χ0v) is 15.0. The highest BCUT2D eigenvalue weighted by Crippen LogP contribution is 2.30. The first-order chi connectivity index (χ1) is 12.5. The summed E-state index contributed by atoms with van der Waals surface area (Å²) in [5.41, 5.74) is 4.29. The highest BCUT2D eigenvalue weighted by atomic mass is 16.3. The molecule has 7 heteroatoms. The molecule has 1 aliphatic rings. The number of fused-ring (bicyclic) bond motifs is 2. The van der Waals surface area contributed by atoms with Crippen LogP contribution in [0.25, 0.3) is 5.65 Å².